The second-order valence-electron chi connectivity index (χ2n) is 6.82. The van der Waals surface area contributed by atoms with E-state index in [1.807, 2.05) is 24.3 Å². The van der Waals surface area contributed by atoms with Gasteiger partial charge in [0, 0.05) is 24.4 Å². The molecule has 1 aromatic rings. The molecule has 1 atom stereocenters. The predicted octanol–water partition coefficient (Wildman–Crippen LogP) is 3.71. The first-order valence-corrected chi connectivity index (χ1v) is 9.03. The number of hydrogen-bond donors (Lipinski definition) is 2. The number of ether oxygens (including phenoxy) is 1. The predicted molar refractivity (Wildman–Crippen MR) is 93.9 cm³/mol. The molecule has 3 rings (SSSR count). The Morgan fingerprint density at radius 2 is 1.58 bits per heavy atom. The van der Waals surface area contributed by atoms with Crippen LogP contribution in [0.3, 0.4) is 0 Å². The third-order valence-electron chi connectivity index (χ3n) is 4.86. The van der Waals surface area contributed by atoms with Crippen LogP contribution in [0.15, 0.2) is 24.3 Å². The van der Waals surface area contributed by atoms with E-state index in [1.54, 1.807) is 0 Å². The lowest BCUT2D eigenvalue weighted by Gasteiger charge is -2.20. The largest absolute Gasteiger partial charge is 0.368 e. The minimum Gasteiger partial charge on any atom is -0.368 e. The molecule has 1 aliphatic carbocycles. The van der Waals surface area contributed by atoms with E-state index in [-0.39, 0.29) is 17.9 Å². The Hall–Kier alpha value is -1.88. The summed E-state index contributed by atoms with van der Waals surface area (Å²) in [7, 11) is 0. The van der Waals surface area contributed by atoms with Crippen molar-refractivity contribution in [1.82, 2.24) is 0 Å². The van der Waals surface area contributed by atoms with Gasteiger partial charge in [-0.2, -0.15) is 0 Å². The van der Waals surface area contributed by atoms with Crippen LogP contribution in [-0.2, 0) is 14.3 Å². The number of amides is 2. The maximum Gasteiger partial charge on any atom is 0.253 e. The topological polar surface area (TPSA) is 67.4 Å². The van der Waals surface area contributed by atoms with Crippen molar-refractivity contribution in [2.45, 2.75) is 57.5 Å². The number of carbonyl (C=O) groups is 2. The van der Waals surface area contributed by atoms with E-state index in [4.69, 9.17) is 4.74 Å². The summed E-state index contributed by atoms with van der Waals surface area (Å²) >= 11 is 0. The maximum absolute atomic E-state index is 12.1. The van der Waals surface area contributed by atoms with Gasteiger partial charge in [-0.1, -0.05) is 19.3 Å². The van der Waals surface area contributed by atoms with Gasteiger partial charge in [-0.05, 0) is 55.9 Å². The van der Waals surface area contributed by atoms with Gasteiger partial charge in [0.1, 0.15) is 6.10 Å². The molecule has 2 N–H and O–H groups in total. The molecule has 1 saturated heterocycles. The molecule has 0 spiro atoms. The summed E-state index contributed by atoms with van der Waals surface area (Å²) in [5.41, 5.74) is 1.49. The molecule has 0 aromatic heterocycles. The molecule has 2 aliphatic rings. The van der Waals surface area contributed by atoms with Crippen molar-refractivity contribution in [2.24, 2.45) is 5.92 Å². The number of rotatable bonds is 5. The van der Waals surface area contributed by atoms with Gasteiger partial charge in [0.25, 0.3) is 5.91 Å². The first-order valence-electron chi connectivity index (χ1n) is 9.03. The molecule has 1 heterocycles. The van der Waals surface area contributed by atoms with Gasteiger partial charge in [0.05, 0.1) is 0 Å². The Morgan fingerprint density at radius 3 is 2.21 bits per heavy atom. The van der Waals surface area contributed by atoms with Crippen LogP contribution in [0.1, 0.15) is 51.4 Å². The van der Waals surface area contributed by atoms with Crippen molar-refractivity contribution in [3.63, 3.8) is 0 Å². The fourth-order valence-electron chi connectivity index (χ4n) is 3.51. The molecule has 24 heavy (non-hydrogen) atoms. The summed E-state index contributed by atoms with van der Waals surface area (Å²) in [6.07, 6.45) is 8.12. The van der Waals surface area contributed by atoms with Crippen molar-refractivity contribution >= 4 is 23.2 Å². The van der Waals surface area contributed by atoms with Crippen molar-refractivity contribution in [3.8, 4) is 0 Å². The van der Waals surface area contributed by atoms with Gasteiger partial charge < -0.3 is 15.4 Å². The zero-order valence-electron chi connectivity index (χ0n) is 14.1. The number of nitrogens with one attached hydrogen (secondary N) is 2. The molecule has 2 fully saturated rings. The molecular weight excluding hydrogens is 304 g/mol. The van der Waals surface area contributed by atoms with E-state index in [9.17, 15) is 9.59 Å². The van der Waals surface area contributed by atoms with Gasteiger partial charge in [0.2, 0.25) is 5.91 Å². The van der Waals surface area contributed by atoms with Crippen LogP contribution in [0.5, 0.6) is 0 Å². The summed E-state index contributed by atoms with van der Waals surface area (Å²) < 4.78 is 5.37. The summed E-state index contributed by atoms with van der Waals surface area (Å²) in [6.45, 7) is 0.657. The lowest BCUT2D eigenvalue weighted by Crippen LogP contribution is -2.26. The minimum absolute atomic E-state index is 0.0815. The average molecular weight is 330 g/mol. The number of carbonyl (C=O) groups excluding carboxylic acids is 2. The van der Waals surface area contributed by atoms with E-state index in [2.05, 4.69) is 10.6 Å². The maximum atomic E-state index is 12.1. The van der Waals surface area contributed by atoms with Crippen LogP contribution in [-0.4, -0.2) is 24.5 Å². The molecule has 5 nitrogen and oxygen atoms in total. The van der Waals surface area contributed by atoms with Crippen LogP contribution in [0.2, 0.25) is 0 Å². The summed E-state index contributed by atoms with van der Waals surface area (Å²) in [6, 6.07) is 7.26. The van der Waals surface area contributed by atoms with E-state index in [0.29, 0.717) is 18.9 Å². The van der Waals surface area contributed by atoms with E-state index >= 15 is 0 Å². The highest BCUT2D eigenvalue weighted by Gasteiger charge is 2.23. The first kappa shape index (κ1) is 17.0. The third kappa shape index (κ3) is 4.81. The van der Waals surface area contributed by atoms with Gasteiger partial charge in [-0.3, -0.25) is 9.59 Å². The summed E-state index contributed by atoms with van der Waals surface area (Å²) in [4.78, 5) is 24.1. The van der Waals surface area contributed by atoms with Crippen LogP contribution in [0.4, 0.5) is 11.4 Å². The monoisotopic (exact) mass is 330 g/mol. The second kappa shape index (κ2) is 8.29. The molecular formula is C19H26N2O3. The van der Waals surface area contributed by atoms with Crippen LogP contribution in [0, 0.1) is 5.92 Å². The highest BCUT2D eigenvalue weighted by atomic mass is 16.5. The van der Waals surface area contributed by atoms with Crippen molar-refractivity contribution < 1.29 is 14.3 Å². The number of anilines is 2. The van der Waals surface area contributed by atoms with Gasteiger partial charge in [-0.25, -0.2) is 0 Å². The quantitative estimate of drug-likeness (QED) is 0.865. The Kier molecular flexibility index (Phi) is 5.86. The number of hydrogen-bond acceptors (Lipinski definition) is 3. The summed E-state index contributed by atoms with van der Waals surface area (Å²) in [5.74, 6) is 0.517. The minimum atomic E-state index is -0.333. The normalized spacial score (nSPS) is 21.4. The Balaban J connectivity index is 1.46. The molecule has 0 bridgehead atoms. The fourth-order valence-corrected chi connectivity index (χ4v) is 3.51. The summed E-state index contributed by atoms with van der Waals surface area (Å²) in [5, 5.41) is 5.80. The standard InChI is InChI=1S/C19H26N2O3/c22-18(13-14-5-2-1-3-6-14)20-15-8-10-16(11-9-15)21-19(23)17-7-4-12-24-17/h8-11,14,17H,1-7,12-13H2,(H,20,22)(H,21,23). The van der Waals surface area contributed by atoms with Crippen molar-refractivity contribution in [1.29, 1.82) is 0 Å². The van der Waals surface area contributed by atoms with E-state index in [0.717, 1.165) is 24.2 Å². The lowest BCUT2D eigenvalue weighted by atomic mass is 9.87. The fraction of sp³-hybridized carbons (Fsp3) is 0.579. The van der Waals surface area contributed by atoms with Crippen LogP contribution < -0.4 is 10.6 Å². The van der Waals surface area contributed by atoms with Crippen LogP contribution >= 0.6 is 0 Å². The average Bonchev–Trinajstić information content (AvgIpc) is 3.12. The lowest BCUT2D eigenvalue weighted by molar-refractivity contribution is -0.124. The highest BCUT2D eigenvalue weighted by molar-refractivity contribution is 5.95. The highest BCUT2D eigenvalue weighted by Crippen LogP contribution is 2.26. The van der Waals surface area contributed by atoms with Gasteiger partial charge in [0.15, 0.2) is 0 Å². The van der Waals surface area contributed by atoms with Crippen molar-refractivity contribution in [3.05, 3.63) is 24.3 Å². The Morgan fingerprint density at radius 1 is 0.917 bits per heavy atom. The van der Waals surface area contributed by atoms with Gasteiger partial charge in [-0.15, -0.1) is 0 Å². The zero-order chi connectivity index (χ0) is 16.8. The SMILES string of the molecule is O=C(CC1CCCCC1)Nc1ccc(NC(=O)C2CCCO2)cc1. The molecule has 1 aromatic carbocycles. The molecule has 1 unspecified atom stereocenters. The molecule has 1 aliphatic heterocycles. The molecule has 5 heteroatoms. The molecule has 2 amide bonds. The van der Waals surface area contributed by atoms with Crippen LogP contribution in [0.25, 0.3) is 0 Å². The van der Waals surface area contributed by atoms with Crippen molar-refractivity contribution in [2.75, 3.05) is 17.2 Å². The van der Waals surface area contributed by atoms with E-state index in [1.165, 1.54) is 32.1 Å². The third-order valence-corrected chi connectivity index (χ3v) is 4.86. The first-order chi connectivity index (χ1) is 11.7. The molecule has 0 radical (unpaired) electrons. The zero-order valence-corrected chi connectivity index (χ0v) is 14.1. The number of benzene rings is 1. The molecule has 130 valence electrons. The smallest absolute Gasteiger partial charge is 0.253 e. The Labute approximate surface area is 143 Å². The Bertz CT molecular complexity index is 558. The second-order valence-corrected chi connectivity index (χ2v) is 6.82. The van der Waals surface area contributed by atoms with Gasteiger partial charge >= 0.3 is 0 Å². The molecule has 1 saturated carbocycles. The van der Waals surface area contributed by atoms with E-state index < -0.39 is 0 Å².